The van der Waals surface area contributed by atoms with Crippen LogP contribution in [-0.4, -0.2) is 24.3 Å². The van der Waals surface area contributed by atoms with E-state index in [2.05, 4.69) is 5.32 Å². The van der Waals surface area contributed by atoms with Crippen LogP contribution in [0.2, 0.25) is 5.02 Å². The minimum atomic E-state index is -0.698. The van der Waals surface area contributed by atoms with E-state index in [0.29, 0.717) is 9.90 Å². The number of hydrogen-bond acceptors (Lipinski definition) is 5. The van der Waals surface area contributed by atoms with Gasteiger partial charge in [-0.15, -0.1) is 11.3 Å². The van der Waals surface area contributed by atoms with Gasteiger partial charge in [-0.25, -0.2) is 4.79 Å². The lowest BCUT2D eigenvalue weighted by molar-refractivity contribution is -0.129. The van der Waals surface area contributed by atoms with Crippen LogP contribution in [0.25, 0.3) is 0 Å². The number of nitrogens with one attached hydrogen (secondary N) is 1. The highest BCUT2D eigenvalue weighted by Gasteiger charge is 2.24. The number of ether oxygens (including phenoxy) is 1. The summed E-state index contributed by atoms with van der Waals surface area (Å²) in [4.78, 5) is 36.9. The van der Waals surface area contributed by atoms with Gasteiger partial charge in [0, 0.05) is 10.4 Å². The van der Waals surface area contributed by atoms with Gasteiger partial charge in [-0.1, -0.05) is 38.4 Å². The van der Waals surface area contributed by atoms with Crippen LogP contribution < -0.4 is 5.32 Å². The van der Waals surface area contributed by atoms with Crippen LogP contribution in [0.5, 0.6) is 0 Å². The number of ketones is 1. The molecule has 1 heterocycles. The highest BCUT2D eigenvalue weighted by molar-refractivity contribution is 7.12. The number of benzene rings is 1. The first-order chi connectivity index (χ1) is 11.7. The Morgan fingerprint density at radius 3 is 2.52 bits per heavy atom. The highest BCUT2D eigenvalue weighted by atomic mass is 35.5. The molecule has 1 aromatic heterocycles. The van der Waals surface area contributed by atoms with Crippen molar-refractivity contribution in [1.29, 1.82) is 0 Å². The lowest BCUT2D eigenvalue weighted by Crippen LogP contribution is -2.26. The van der Waals surface area contributed by atoms with Crippen LogP contribution in [0.4, 0.5) is 5.69 Å². The molecule has 0 aliphatic heterocycles. The van der Waals surface area contributed by atoms with Gasteiger partial charge in [0.1, 0.15) is 0 Å². The van der Waals surface area contributed by atoms with Crippen LogP contribution in [0.1, 0.15) is 40.8 Å². The van der Waals surface area contributed by atoms with E-state index in [-0.39, 0.29) is 29.5 Å². The summed E-state index contributed by atoms with van der Waals surface area (Å²) in [5.41, 5.74) is -0.230. The first-order valence-corrected chi connectivity index (χ1v) is 8.79. The summed E-state index contributed by atoms with van der Waals surface area (Å²) in [5, 5.41) is 4.80. The number of anilines is 1. The van der Waals surface area contributed by atoms with Gasteiger partial charge in [-0.3, -0.25) is 9.59 Å². The predicted molar refractivity (Wildman–Crippen MR) is 98.5 cm³/mol. The molecule has 2 aromatic rings. The molecule has 0 saturated heterocycles. The molecule has 2 rings (SSSR count). The van der Waals surface area contributed by atoms with Gasteiger partial charge < -0.3 is 10.1 Å². The van der Waals surface area contributed by atoms with E-state index in [1.54, 1.807) is 38.3 Å². The van der Waals surface area contributed by atoms with E-state index < -0.39 is 11.4 Å². The van der Waals surface area contributed by atoms with Crippen molar-refractivity contribution in [3.05, 3.63) is 51.2 Å². The molecule has 1 aromatic carbocycles. The number of esters is 1. The Morgan fingerprint density at radius 1 is 1.20 bits per heavy atom. The molecular formula is C18H18ClNO4S. The largest absolute Gasteiger partial charge is 0.454 e. The van der Waals surface area contributed by atoms with Crippen molar-refractivity contribution in [3.8, 4) is 0 Å². The van der Waals surface area contributed by atoms with E-state index in [4.69, 9.17) is 16.3 Å². The molecule has 0 fully saturated rings. The first kappa shape index (κ1) is 19.1. The molecule has 132 valence electrons. The van der Waals surface area contributed by atoms with Crippen molar-refractivity contribution in [2.45, 2.75) is 20.8 Å². The first-order valence-electron chi connectivity index (χ1n) is 7.53. The van der Waals surface area contributed by atoms with E-state index in [1.165, 1.54) is 29.5 Å². The van der Waals surface area contributed by atoms with Gasteiger partial charge in [-0.05, 0) is 29.6 Å². The molecule has 0 radical (unpaired) electrons. The second-order valence-electron chi connectivity index (χ2n) is 6.37. The van der Waals surface area contributed by atoms with E-state index in [1.807, 2.05) is 0 Å². The fraction of sp³-hybridized carbons (Fsp3) is 0.278. The summed E-state index contributed by atoms with van der Waals surface area (Å²) in [7, 11) is 0. The number of hydrogen-bond donors (Lipinski definition) is 1. The molecule has 0 atom stereocenters. The summed E-state index contributed by atoms with van der Waals surface area (Å²) in [5.74, 6) is -1.24. The lowest BCUT2D eigenvalue weighted by atomic mass is 9.91. The molecule has 0 aliphatic rings. The summed E-state index contributed by atoms with van der Waals surface area (Å²) in [6.45, 7) is 4.91. The highest BCUT2D eigenvalue weighted by Crippen LogP contribution is 2.24. The third kappa shape index (κ3) is 5.14. The van der Waals surface area contributed by atoms with Gasteiger partial charge >= 0.3 is 5.97 Å². The fourth-order valence-corrected chi connectivity index (χ4v) is 2.61. The maximum atomic E-state index is 12.3. The molecule has 0 spiro atoms. The quantitative estimate of drug-likeness (QED) is 0.780. The molecular weight excluding hydrogens is 362 g/mol. The standard InChI is InChI=1S/C18H18ClNO4S/c1-18(2,3)15(21)10-24-17(23)12-7-6-11(19)9-13(12)20-16(22)14-5-4-8-25-14/h4-9H,10H2,1-3H3,(H,20,22). The summed E-state index contributed by atoms with van der Waals surface area (Å²) in [6, 6.07) is 7.87. The van der Waals surface area contributed by atoms with Crippen molar-refractivity contribution in [2.24, 2.45) is 5.41 Å². The molecule has 1 N–H and O–H groups in total. The van der Waals surface area contributed by atoms with Crippen LogP contribution in [0.15, 0.2) is 35.7 Å². The van der Waals surface area contributed by atoms with Crippen molar-refractivity contribution < 1.29 is 19.1 Å². The molecule has 0 aliphatic carbocycles. The Hall–Kier alpha value is -2.18. The molecule has 7 heteroatoms. The third-order valence-electron chi connectivity index (χ3n) is 3.37. The van der Waals surface area contributed by atoms with Gasteiger partial charge in [0.25, 0.3) is 5.91 Å². The van der Waals surface area contributed by atoms with Crippen LogP contribution in [0.3, 0.4) is 0 Å². The summed E-state index contributed by atoms with van der Waals surface area (Å²) < 4.78 is 5.09. The van der Waals surface area contributed by atoms with Gasteiger partial charge in [0.05, 0.1) is 16.1 Å². The fourth-order valence-electron chi connectivity index (χ4n) is 1.81. The maximum Gasteiger partial charge on any atom is 0.340 e. The monoisotopic (exact) mass is 379 g/mol. The summed E-state index contributed by atoms with van der Waals surface area (Å²) in [6.07, 6.45) is 0. The molecule has 0 bridgehead atoms. The number of carbonyl (C=O) groups excluding carboxylic acids is 3. The average molecular weight is 380 g/mol. The molecule has 25 heavy (non-hydrogen) atoms. The number of Topliss-reactive ketones (excluding diaryl/α,β-unsaturated/α-hetero) is 1. The van der Waals surface area contributed by atoms with Crippen LogP contribution in [0, 0.1) is 5.41 Å². The predicted octanol–water partition coefficient (Wildman–Crippen LogP) is 4.43. The minimum Gasteiger partial charge on any atom is -0.454 e. The lowest BCUT2D eigenvalue weighted by Gasteiger charge is -2.17. The van der Waals surface area contributed by atoms with Crippen LogP contribution >= 0.6 is 22.9 Å². The Labute approximate surface area is 154 Å². The molecule has 0 saturated carbocycles. The number of rotatable bonds is 5. The second kappa shape index (κ2) is 7.80. The summed E-state index contributed by atoms with van der Waals surface area (Å²) >= 11 is 7.24. The average Bonchev–Trinajstić information content (AvgIpc) is 3.06. The van der Waals surface area contributed by atoms with E-state index in [0.717, 1.165) is 0 Å². The zero-order chi connectivity index (χ0) is 18.6. The molecule has 0 unspecified atom stereocenters. The number of carbonyl (C=O) groups is 3. The topological polar surface area (TPSA) is 72.5 Å². The Bertz CT molecular complexity index is 794. The van der Waals surface area contributed by atoms with E-state index >= 15 is 0 Å². The minimum absolute atomic E-state index is 0.135. The molecule has 5 nitrogen and oxygen atoms in total. The Morgan fingerprint density at radius 2 is 1.92 bits per heavy atom. The van der Waals surface area contributed by atoms with Gasteiger partial charge in [0.15, 0.2) is 12.4 Å². The van der Waals surface area contributed by atoms with Crippen molar-refractivity contribution in [2.75, 3.05) is 11.9 Å². The van der Waals surface area contributed by atoms with Gasteiger partial charge in [-0.2, -0.15) is 0 Å². The van der Waals surface area contributed by atoms with Gasteiger partial charge in [0.2, 0.25) is 0 Å². The Kier molecular flexibility index (Phi) is 5.98. The van der Waals surface area contributed by atoms with E-state index in [9.17, 15) is 14.4 Å². The number of thiophene rings is 1. The maximum absolute atomic E-state index is 12.3. The zero-order valence-corrected chi connectivity index (χ0v) is 15.7. The second-order valence-corrected chi connectivity index (χ2v) is 7.75. The van der Waals surface area contributed by atoms with Crippen LogP contribution in [-0.2, 0) is 9.53 Å². The van der Waals surface area contributed by atoms with Crippen molar-refractivity contribution in [1.82, 2.24) is 0 Å². The Balaban J connectivity index is 2.16. The zero-order valence-electron chi connectivity index (χ0n) is 14.1. The number of amides is 1. The normalized spacial score (nSPS) is 11.0. The number of halogens is 1. The molecule has 1 amide bonds. The third-order valence-corrected chi connectivity index (χ3v) is 4.47. The smallest absolute Gasteiger partial charge is 0.340 e. The SMILES string of the molecule is CC(C)(C)C(=O)COC(=O)c1ccc(Cl)cc1NC(=O)c1cccs1. The van der Waals surface area contributed by atoms with Crippen molar-refractivity contribution in [3.63, 3.8) is 0 Å². The van der Waals surface area contributed by atoms with Crippen molar-refractivity contribution >= 4 is 46.3 Å².